The maximum atomic E-state index is 14.2. The zero-order valence-corrected chi connectivity index (χ0v) is 20.1. The van der Waals surface area contributed by atoms with E-state index in [9.17, 15) is 12.6 Å². The molecule has 2 aromatic rings. The van der Waals surface area contributed by atoms with Crippen molar-refractivity contribution in [3.05, 3.63) is 83.5 Å². The largest absolute Gasteiger partial charge is 0.291 e. The fraction of sp³-hybridized carbons (Fsp3) is 0.333. The average molecular weight is 459 g/mol. The summed E-state index contributed by atoms with van der Waals surface area (Å²) in [5, 5.41) is 0. The molecule has 0 amide bonds. The lowest BCUT2D eigenvalue weighted by Crippen LogP contribution is -2.41. The molecule has 0 bridgehead atoms. The molecule has 0 fully saturated rings. The van der Waals surface area contributed by atoms with Crippen LogP contribution in [0.4, 0.5) is 0 Å². The van der Waals surface area contributed by atoms with E-state index in [1.54, 1.807) is 24.3 Å². The number of hydrogen-bond acceptors (Lipinski definition) is 3. The molecule has 0 heterocycles. The van der Waals surface area contributed by atoms with Gasteiger partial charge in [-0.15, -0.1) is 0 Å². The fourth-order valence-electron chi connectivity index (χ4n) is 3.67. The highest BCUT2D eigenvalue weighted by atomic mass is 32.3. The summed E-state index contributed by atoms with van der Waals surface area (Å²) in [6.45, 7) is 11.9. The van der Waals surface area contributed by atoms with Gasteiger partial charge in [-0.1, -0.05) is 63.0 Å². The first-order valence-electron chi connectivity index (χ1n) is 10.3. The zero-order valence-electron chi connectivity index (χ0n) is 18.5. The minimum Gasteiger partial charge on any atom is -0.228 e. The van der Waals surface area contributed by atoms with Gasteiger partial charge in [0.15, 0.2) is 9.92 Å². The highest BCUT2D eigenvalue weighted by Gasteiger charge is 2.30. The highest BCUT2D eigenvalue weighted by molar-refractivity contribution is 8.02. The van der Waals surface area contributed by atoms with E-state index < -0.39 is 19.9 Å². The number of allylic oxidation sites excluding steroid dienone is 1. The second kappa shape index (κ2) is 9.10. The van der Waals surface area contributed by atoms with Crippen LogP contribution in [0.5, 0.6) is 0 Å². The van der Waals surface area contributed by atoms with Gasteiger partial charge in [0.25, 0.3) is 10.0 Å². The van der Waals surface area contributed by atoms with E-state index in [0.717, 1.165) is 29.5 Å². The molecule has 1 aliphatic rings. The minimum atomic E-state index is -4.15. The molecule has 31 heavy (non-hydrogen) atoms. The van der Waals surface area contributed by atoms with E-state index in [1.165, 1.54) is 17.7 Å². The maximum absolute atomic E-state index is 14.2. The Morgan fingerprint density at radius 3 is 1.97 bits per heavy atom. The third-order valence-electron chi connectivity index (χ3n) is 5.54. The smallest absolute Gasteiger partial charge is 0.228 e. The summed E-state index contributed by atoms with van der Waals surface area (Å²) in [6, 6.07) is 13.0. The van der Waals surface area contributed by atoms with Crippen LogP contribution in [0.1, 0.15) is 37.8 Å². The lowest BCUT2D eigenvalue weighted by Gasteiger charge is -2.31. The molecule has 1 N–H and O–H groups in total. The first-order chi connectivity index (χ1) is 14.5. The van der Waals surface area contributed by atoms with Crippen molar-refractivity contribution in [2.75, 3.05) is 0 Å². The molecule has 0 saturated carbocycles. The second-order valence-electron chi connectivity index (χ2n) is 8.35. The van der Waals surface area contributed by atoms with Gasteiger partial charge in [0, 0.05) is 6.04 Å². The van der Waals surface area contributed by atoms with Gasteiger partial charge in [-0.2, -0.15) is 8.42 Å². The minimum absolute atomic E-state index is 0.0200. The van der Waals surface area contributed by atoms with Crippen molar-refractivity contribution in [1.29, 1.82) is 0 Å². The Morgan fingerprint density at radius 2 is 1.45 bits per heavy atom. The molecule has 0 radical (unpaired) electrons. The average Bonchev–Trinajstić information content (AvgIpc) is 2.68. The molecule has 0 aromatic heterocycles. The molecular weight excluding hydrogens is 428 g/mol. The SMILES string of the molecule is C=C(C)[C@H]1CCC(C)=C[C@@H]1NS(=O)(=NS(=O)(=O)c1ccc(C)cc1)c1ccc(C)cc1. The van der Waals surface area contributed by atoms with Crippen LogP contribution >= 0.6 is 0 Å². The van der Waals surface area contributed by atoms with Crippen molar-refractivity contribution in [3.8, 4) is 0 Å². The predicted octanol–water partition coefficient (Wildman–Crippen LogP) is 5.32. The molecular formula is C24H30N2O3S2. The number of nitrogens with one attached hydrogen (secondary N) is 1. The van der Waals surface area contributed by atoms with Crippen molar-refractivity contribution in [2.24, 2.45) is 9.69 Å². The summed E-state index contributed by atoms with van der Waals surface area (Å²) in [5.74, 6) is 0.0484. The van der Waals surface area contributed by atoms with Gasteiger partial charge in [0.2, 0.25) is 0 Å². The molecule has 1 unspecified atom stereocenters. The number of hydrogen-bond donors (Lipinski definition) is 1. The van der Waals surface area contributed by atoms with Gasteiger partial charge in [0.1, 0.15) is 0 Å². The predicted molar refractivity (Wildman–Crippen MR) is 127 cm³/mol. The number of aryl methyl sites for hydroxylation is 2. The van der Waals surface area contributed by atoms with Crippen molar-refractivity contribution in [3.63, 3.8) is 0 Å². The zero-order chi connectivity index (χ0) is 22.8. The Bertz CT molecular complexity index is 1220. The van der Waals surface area contributed by atoms with Crippen LogP contribution in [0.3, 0.4) is 0 Å². The normalized spacial score (nSPS) is 21.1. The number of rotatable bonds is 6. The maximum Gasteiger partial charge on any atom is 0.291 e. The third-order valence-corrected chi connectivity index (χ3v) is 9.53. The Kier molecular flexibility index (Phi) is 6.88. The Balaban J connectivity index is 2.16. The second-order valence-corrected chi connectivity index (χ2v) is 12.1. The van der Waals surface area contributed by atoms with Crippen molar-refractivity contribution >= 4 is 19.9 Å². The monoisotopic (exact) mass is 458 g/mol. The van der Waals surface area contributed by atoms with E-state index in [2.05, 4.69) is 15.1 Å². The van der Waals surface area contributed by atoms with Crippen LogP contribution in [0.25, 0.3) is 0 Å². The summed E-state index contributed by atoms with van der Waals surface area (Å²) >= 11 is 0. The molecule has 7 heteroatoms. The first-order valence-corrected chi connectivity index (χ1v) is 13.2. The molecule has 0 aliphatic heterocycles. The van der Waals surface area contributed by atoms with Gasteiger partial charge >= 0.3 is 0 Å². The van der Waals surface area contributed by atoms with E-state index in [4.69, 9.17) is 0 Å². The highest BCUT2D eigenvalue weighted by Crippen LogP contribution is 2.30. The molecule has 0 spiro atoms. The Hall–Kier alpha value is -2.22. The van der Waals surface area contributed by atoms with Crippen molar-refractivity contribution < 1.29 is 12.6 Å². The van der Waals surface area contributed by atoms with Gasteiger partial charge < -0.3 is 0 Å². The summed E-state index contributed by atoms with van der Waals surface area (Å²) < 4.78 is 47.5. The fourth-order valence-corrected chi connectivity index (χ4v) is 7.36. The van der Waals surface area contributed by atoms with Gasteiger partial charge in [0.05, 0.1) is 9.79 Å². The molecule has 5 nitrogen and oxygen atoms in total. The lowest BCUT2D eigenvalue weighted by molar-refractivity contribution is 0.456. The molecule has 2 aromatic carbocycles. The Morgan fingerprint density at radius 1 is 0.935 bits per heavy atom. The molecule has 0 saturated heterocycles. The Labute approximate surface area is 186 Å². The van der Waals surface area contributed by atoms with Gasteiger partial charge in [-0.25, -0.2) is 8.93 Å². The lowest BCUT2D eigenvalue weighted by atomic mass is 9.82. The van der Waals surface area contributed by atoms with E-state index >= 15 is 0 Å². The summed E-state index contributed by atoms with van der Waals surface area (Å²) in [4.78, 5) is 0.359. The number of sulfonamides is 1. The van der Waals surface area contributed by atoms with E-state index in [0.29, 0.717) is 4.90 Å². The van der Waals surface area contributed by atoms with Crippen LogP contribution < -0.4 is 4.72 Å². The van der Waals surface area contributed by atoms with Crippen molar-refractivity contribution in [2.45, 2.75) is 56.4 Å². The van der Waals surface area contributed by atoms with Gasteiger partial charge in [-0.3, -0.25) is 0 Å². The van der Waals surface area contributed by atoms with Crippen LogP contribution in [-0.2, 0) is 19.9 Å². The van der Waals surface area contributed by atoms with Crippen LogP contribution in [0.15, 0.2) is 85.9 Å². The number of benzene rings is 2. The van der Waals surface area contributed by atoms with Crippen LogP contribution in [-0.4, -0.2) is 18.7 Å². The third kappa shape index (κ3) is 5.53. The molecule has 166 valence electrons. The topological polar surface area (TPSA) is 75.6 Å². The molecule has 3 atom stereocenters. The van der Waals surface area contributed by atoms with Crippen LogP contribution in [0.2, 0.25) is 0 Å². The first kappa shape index (κ1) is 23.4. The summed E-state index contributed by atoms with van der Waals surface area (Å²) in [5.41, 5.74) is 4.05. The molecule has 3 rings (SSSR count). The summed E-state index contributed by atoms with van der Waals surface area (Å²) in [7, 11) is -7.64. The molecule has 1 aliphatic carbocycles. The van der Waals surface area contributed by atoms with Gasteiger partial charge in [-0.05, 0) is 70.7 Å². The van der Waals surface area contributed by atoms with Crippen molar-refractivity contribution in [1.82, 2.24) is 4.72 Å². The van der Waals surface area contributed by atoms with E-state index in [-0.39, 0.29) is 16.9 Å². The number of nitrogens with zero attached hydrogens (tertiary/aromatic N) is 1. The van der Waals surface area contributed by atoms with Crippen LogP contribution in [0, 0.1) is 19.8 Å². The van der Waals surface area contributed by atoms with E-state index in [1.807, 2.05) is 45.9 Å². The standard InChI is InChI=1S/C24H30N2O3S2/c1-17(2)23-15-10-20(5)16-24(23)25-30(27,21-11-6-18(3)7-12-21)26-31(28,29)22-13-8-19(4)9-14-22/h6-9,11-14,16,23-24H,1,10,15H2,2-5H3,(H,25,26,27)/t23-,24+,30?/m1/s1. The summed E-state index contributed by atoms with van der Waals surface area (Å²) in [6.07, 6.45) is 3.81. The quantitative estimate of drug-likeness (QED) is 0.595.